The van der Waals surface area contributed by atoms with Gasteiger partial charge in [0.05, 0.1) is 10.6 Å². The number of aromatic nitrogens is 2. The molecule has 3 rings (SSSR count). The Morgan fingerprint density at radius 2 is 2.25 bits per heavy atom. The second-order valence-corrected chi connectivity index (χ2v) is 8.56. The van der Waals surface area contributed by atoms with Gasteiger partial charge in [0.15, 0.2) is 0 Å². The van der Waals surface area contributed by atoms with Crippen LogP contribution in [0.4, 0.5) is 5.82 Å². The third-order valence-electron chi connectivity index (χ3n) is 3.18. The minimum Gasteiger partial charge on any atom is -0.369 e. The molecule has 0 aliphatic carbocycles. The molecule has 0 saturated carbocycles. The normalized spacial score (nSPS) is 19.4. The number of nitrogens with zero attached hydrogens (tertiary/aromatic N) is 2. The number of aryl methyl sites for hydroxylation is 1. The first-order valence-electron chi connectivity index (χ1n) is 6.99. The highest BCUT2D eigenvalue weighted by atomic mass is 32.2. The van der Waals surface area contributed by atoms with Crippen LogP contribution in [0.2, 0.25) is 0 Å². The summed E-state index contributed by atoms with van der Waals surface area (Å²) in [5.41, 5.74) is 0. The number of hydrogen-bond donors (Lipinski definition) is 1. The van der Waals surface area contributed by atoms with E-state index in [1.54, 1.807) is 11.3 Å². The Kier molecular flexibility index (Phi) is 4.73. The quantitative estimate of drug-likeness (QED) is 0.905. The predicted octanol–water partition coefficient (Wildman–Crippen LogP) is 4.34. The van der Waals surface area contributed by atoms with Crippen LogP contribution in [-0.2, 0) is 0 Å². The van der Waals surface area contributed by atoms with Crippen LogP contribution in [0.5, 0.6) is 0 Å². The van der Waals surface area contributed by atoms with Gasteiger partial charge >= 0.3 is 0 Å². The van der Waals surface area contributed by atoms with Crippen LogP contribution in [0.1, 0.15) is 29.3 Å². The van der Waals surface area contributed by atoms with E-state index < -0.39 is 0 Å². The van der Waals surface area contributed by atoms with E-state index in [9.17, 15) is 0 Å². The maximum atomic E-state index is 4.83. The van der Waals surface area contributed by atoms with Crippen LogP contribution in [0.15, 0.2) is 6.07 Å². The summed E-state index contributed by atoms with van der Waals surface area (Å²) in [6.07, 6.45) is 1.11. The molecule has 1 N–H and O–H groups in total. The van der Waals surface area contributed by atoms with Crippen LogP contribution in [0, 0.1) is 6.92 Å². The molecular formula is C14H19N3S3. The molecule has 3 nitrogen and oxygen atoms in total. The summed E-state index contributed by atoms with van der Waals surface area (Å²) in [7, 11) is 0. The zero-order valence-corrected chi connectivity index (χ0v) is 14.3. The van der Waals surface area contributed by atoms with Crippen molar-refractivity contribution in [3.63, 3.8) is 0 Å². The fraction of sp³-hybridized carbons (Fsp3) is 0.571. The average molecular weight is 326 g/mol. The lowest BCUT2D eigenvalue weighted by molar-refractivity contribution is 0.925. The van der Waals surface area contributed by atoms with Crippen LogP contribution < -0.4 is 5.32 Å². The van der Waals surface area contributed by atoms with Crippen molar-refractivity contribution in [3.8, 4) is 0 Å². The van der Waals surface area contributed by atoms with Crippen molar-refractivity contribution in [3.05, 3.63) is 16.8 Å². The van der Waals surface area contributed by atoms with Gasteiger partial charge in [0.25, 0.3) is 0 Å². The lowest BCUT2D eigenvalue weighted by Gasteiger charge is -2.20. The van der Waals surface area contributed by atoms with Crippen molar-refractivity contribution in [1.82, 2.24) is 9.97 Å². The molecule has 108 valence electrons. The van der Waals surface area contributed by atoms with E-state index in [1.807, 2.05) is 23.5 Å². The fourth-order valence-corrected chi connectivity index (χ4v) is 5.70. The van der Waals surface area contributed by atoms with Gasteiger partial charge in [-0.15, -0.1) is 23.1 Å². The van der Waals surface area contributed by atoms with Crippen molar-refractivity contribution < 1.29 is 0 Å². The van der Waals surface area contributed by atoms with E-state index in [-0.39, 0.29) is 0 Å². The Bertz CT molecular complexity index is 591. The zero-order chi connectivity index (χ0) is 13.9. The summed E-state index contributed by atoms with van der Waals surface area (Å²) < 4.78 is 0. The van der Waals surface area contributed by atoms with Gasteiger partial charge in [0, 0.05) is 28.7 Å². The van der Waals surface area contributed by atoms with Gasteiger partial charge in [0.1, 0.15) is 16.5 Å². The number of fused-ring (bicyclic) bond motifs is 1. The largest absolute Gasteiger partial charge is 0.369 e. The number of hydrogen-bond acceptors (Lipinski definition) is 6. The molecule has 1 aliphatic rings. The highest BCUT2D eigenvalue weighted by molar-refractivity contribution is 8.06. The molecule has 1 saturated heterocycles. The summed E-state index contributed by atoms with van der Waals surface area (Å²) >= 11 is 5.78. The first kappa shape index (κ1) is 14.5. The molecule has 0 bridgehead atoms. The maximum Gasteiger partial charge on any atom is 0.146 e. The van der Waals surface area contributed by atoms with Gasteiger partial charge in [-0.05, 0) is 19.4 Å². The number of thioether (sulfide) groups is 2. The first-order valence-corrected chi connectivity index (χ1v) is 10.0. The first-order chi connectivity index (χ1) is 9.78. The minimum absolute atomic E-state index is 0.447. The molecule has 1 unspecified atom stereocenters. The Hall–Kier alpha value is -0.460. The molecule has 0 radical (unpaired) electrons. The van der Waals surface area contributed by atoms with Gasteiger partial charge in [0.2, 0.25) is 0 Å². The number of anilines is 1. The smallest absolute Gasteiger partial charge is 0.146 e. The molecular weight excluding hydrogens is 306 g/mol. The molecule has 20 heavy (non-hydrogen) atoms. The molecule has 1 aliphatic heterocycles. The number of thiophene rings is 1. The molecule has 2 aromatic rings. The fourth-order valence-electron chi connectivity index (χ4n) is 2.22. The molecule has 0 spiro atoms. The van der Waals surface area contributed by atoms with Gasteiger partial charge < -0.3 is 5.32 Å². The molecule has 3 heterocycles. The SMILES string of the molecule is CCCNc1nc(C2CSCCS2)nc2sc(C)cc12. The summed E-state index contributed by atoms with van der Waals surface area (Å²) in [6, 6.07) is 2.20. The van der Waals surface area contributed by atoms with Crippen molar-refractivity contribution in [1.29, 1.82) is 0 Å². The second kappa shape index (κ2) is 6.54. The molecule has 1 fully saturated rings. The standard InChI is InChI=1S/C14H19N3S3/c1-3-4-15-12-10-7-9(2)20-14(10)17-13(16-12)11-8-18-5-6-19-11/h7,11H,3-6,8H2,1-2H3,(H,15,16,17). The molecule has 0 aromatic carbocycles. The molecule has 0 amide bonds. The van der Waals surface area contributed by atoms with Crippen molar-refractivity contribution in [2.45, 2.75) is 25.5 Å². The van der Waals surface area contributed by atoms with E-state index in [0.717, 1.165) is 35.2 Å². The zero-order valence-electron chi connectivity index (χ0n) is 11.8. The van der Waals surface area contributed by atoms with Gasteiger partial charge in [-0.3, -0.25) is 0 Å². The number of nitrogens with one attached hydrogen (secondary N) is 1. The lowest BCUT2D eigenvalue weighted by atomic mass is 10.3. The van der Waals surface area contributed by atoms with Crippen molar-refractivity contribution >= 4 is 50.9 Å². The van der Waals surface area contributed by atoms with Gasteiger partial charge in [-0.25, -0.2) is 9.97 Å². The van der Waals surface area contributed by atoms with E-state index >= 15 is 0 Å². The highest BCUT2D eigenvalue weighted by Gasteiger charge is 2.21. The van der Waals surface area contributed by atoms with Crippen molar-refractivity contribution in [2.75, 3.05) is 29.1 Å². The van der Waals surface area contributed by atoms with E-state index in [4.69, 9.17) is 9.97 Å². The van der Waals surface area contributed by atoms with Crippen LogP contribution in [-0.4, -0.2) is 33.8 Å². The van der Waals surface area contributed by atoms with Crippen molar-refractivity contribution in [2.24, 2.45) is 0 Å². The van der Waals surface area contributed by atoms with Crippen LogP contribution in [0.25, 0.3) is 10.2 Å². The average Bonchev–Trinajstić information content (AvgIpc) is 2.86. The van der Waals surface area contributed by atoms with Crippen LogP contribution >= 0.6 is 34.9 Å². The monoisotopic (exact) mass is 325 g/mol. The molecule has 6 heteroatoms. The molecule has 2 aromatic heterocycles. The summed E-state index contributed by atoms with van der Waals surface area (Å²) in [6.45, 7) is 5.28. The number of rotatable bonds is 4. The third kappa shape index (κ3) is 3.07. The highest BCUT2D eigenvalue weighted by Crippen LogP contribution is 2.37. The van der Waals surface area contributed by atoms with Crippen LogP contribution in [0.3, 0.4) is 0 Å². The summed E-state index contributed by atoms with van der Waals surface area (Å²) in [4.78, 5) is 12.1. The van der Waals surface area contributed by atoms with E-state index in [1.165, 1.54) is 21.8 Å². The summed E-state index contributed by atoms with van der Waals surface area (Å²) in [5.74, 6) is 5.62. The second-order valence-electron chi connectivity index (χ2n) is 4.87. The van der Waals surface area contributed by atoms with E-state index in [2.05, 4.69) is 25.2 Å². The predicted molar refractivity (Wildman–Crippen MR) is 93.5 cm³/mol. The lowest BCUT2D eigenvalue weighted by Crippen LogP contribution is -2.12. The summed E-state index contributed by atoms with van der Waals surface area (Å²) in [5, 5.41) is 5.10. The van der Waals surface area contributed by atoms with E-state index in [0.29, 0.717) is 5.25 Å². The molecule has 1 atom stereocenters. The Morgan fingerprint density at radius 1 is 1.35 bits per heavy atom. The topological polar surface area (TPSA) is 37.8 Å². The van der Waals surface area contributed by atoms with Gasteiger partial charge in [-0.2, -0.15) is 11.8 Å². The Balaban J connectivity index is 1.99. The maximum absolute atomic E-state index is 4.83. The Labute approximate surface area is 132 Å². The third-order valence-corrected chi connectivity index (χ3v) is 6.87. The van der Waals surface area contributed by atoms with Gasteiger partial charge in [-0.1, -0.05) is 6.92 Å². The minimum atomic E-state index is 0.447. The Morgan fingerprint density at radius 3 is 3.00 bits per heavy atom.